The summed E-state index contributed by atoms with van der Waals surface area (Å²) in [5.41, 5.74) is 1.50. The van der Waals surface area contributed by atoms with Gasteiger partial charge in [-0.2, -0.15) is 0 Å². The molecule has 8 nitrogen and oxygen atoms in total. The Morgan fingerprint density at radius 3 is 2.14 bits per heavy atom. The number of carbonyl (C=O) groups is 1. The van der Waals surface area contributed by atoms with E-state index in [-0.39, 0.29) is 5.91 Å². The summed E-state index contributed by atoms with van der Waals surface area (Å²) in [6.07, 6.45) is 0. The molecule has 0 aliphatic rings. The minimum Gasteiger partial charge on any atom is -0.497 e. The third-order valence-electron chi connectivity index (χ3n) is 4.18. The van der Waals surface area contributed by atoms with Crippen LogP contribution in [0.2, 0.25) is 0 Å². The largest absolute Gasteiger partial charge is 0.497 e. The van der Waals surface area contributed by atoms with Gasteiger partial charge in [0.15, 0.2) is 17.3 Å². The molecule has 0 bridgehead atoms. The lowest BCUT2D eigenvalue weighted by atomic mass is 10.2. The minimum absolute atomic E-state index is 0.270. The van der Waals surface area contributed by atoms with Gasteiger partial charge in [-0.3, -0.25) is 4.79 Å². The van der Waals surface area contributed by atoms with Crippen LogP contribution in [-0.4, -0.2) is 37.4 Å². The maximum Gasteiger partial charge on any atom is 0.256 e. The maximum absolute atomic E-state index is 12.3. The number of aromatic nitrogens is 2. The van der Waals surface area contributed by atoms with E-state index in [4.69, 9.17) is 14.2 Å². The monoisotopic (exact) mass is 394 g/mol. The molecule has 1 aromatic heterocycles. The van der Waals surface area contributed by atoms with Gasteiger partial charge in [0.1, 0.15) is 11.6 Å². The Morgan fingerprint density at radius 2 is 1.52 bits per heavy atom. The summed E-state index contributed by atoms with van der Waals surface area (Å²) in [6, 6.07) is 15.9. The summed E-state index contributed by atoms with van der Waals surface area (Å²) in [5, 5.41) is 14.0. The number of hydrogen-bond donors (Lipinski definition) is 2. The number of rotatable bonds is 8. The third kappa shape index (κ3) is 5.13. The first kappa shape index (κ1) is 19.9. The maximum atomic E-state index is 12.3. The molecule has 1 amide bonds. The van der Waals surface area contributed by atoms with Gasteiger partial charge in [-0.05, 0) is 54.1 Å². The van der Waals surface area contributed by atoms with Crippen LogP contribution in [0.15, 0.2) is 54.6 Å². The number of nitrogens with one attached hydrogen (secondary N) is 2. The number of methoxy groups -OCH3 is 3. The van der Waals surface area contributed by atoms with Crippen molar-refractivity contribution in [2.45, 2.75) is 6.54 Å². The molecule has 0 spiro atoms. The molecule has 150 valence electrons. The highest BCUT2D eigenvalue weighted by molar-refractivity contribution is 6.03. The second kappa shape index (κ2) is 9.41. The smallest absolute Gasteiger partial charge is 0.256 e. The van der Waals surface area contributed by atoms with Gasteiger partial charge in [-0.1, -0.05) is 6.07 Å². The van der Waals surface area contributed by atoms with Crippen LogP contribution < -0.4 is 24.8 Å². The lowest BCUT2D eigenvalue weighted by molar-refractivity contribution is 0.102. The third-order valence-corrected chi connectivity index (χ3v) is 4.18. The summed E-state index contributed by atoms with van der Waals surface area (Å²) >= 11 is 0. The normalized spacial score (nSPS) is 10.2. The topological polar surface area (TPSA) is 94.6 Å². The van der Waals surface area contributed by atoms with E-state index < -0.39 is 0 Å². The van der Waals surface area contributed by atoms with Crippen LogP contribution in [-0.2, 0) is 6.54 Å². The van der Waals surface area contributed by atoms with E-state index in [0.29, 0.717) is 41.0 Å². The number of hydrogen-bond acceptors (Lipinski definition) is 7. The molecule has 0 radical (unpaired) electrons. The number of benzene rings is 2. The zero-order valence-corrected chi connectivity index (χ0v) is 16.4. The van der Waals surface area contributed by atoms with Crippen molar-refractivity contribution in [2.24, 2.45) is 0 Å². The van der Waals surface area contributed by atoms with Crippen molar-refractivity contribution in [2.75, 3.05) is 32.0 Å². The Bertz CT molecular complexity index is 959. The fourth-order valence-electron chi connectivity index (χ4n) is 2.61. The number of nitrogens with zero attached hydrogens (tertiary/aromatic N) is 2. The molecule has 29 heavy (non-hydrogen) atoms. The van der Waals surface area contributed by atoms with Gasteiger partial charge in [0.05, 0.1) is 21.3 Å². The molecule has 0 fully saturated rings. The van der Waals surface area contributed by atoms with E-state index in [2.05, 4.69) is 20.8 Å². The standard InChI is InChI=1S/C21H22N4O4/c1-27-16-7-5-15(6-8-16)21(26)23-20-11-10-19(24-25-20)22-13-14-4-9-17(28-2)18(12-14)29-3/h4-12H,13H2,1-3H3,(H,22,24)(H,23,25,26). The second-order valence-electron chi connectivity index (χ2n) is 6.03. The van der Waals surface area contributed by atoms with Crippen LogP contribution in [0, 0.1) is 0 Å². The molecule has 8 heteroatoms. The zero-order chi connectivity index (χ0) is 20.6. The van der Waals surface area contributed by atoms with Gasteiger partial charge in [-0.15, -0.1) is 10.2 Å². The van der Waals surface area contributed by atoms with Gasteiger partial charge in [-0.25, -0.2) is 0 Å². The van der Waals surface area contributed by atoms with Crippen LogP contribution in [0.1, 0.15) is 15.9 Å². The SMILES string of the molecule is COc1ccc(C(=O)Nc2ccc(NCc3ccc(OC)c(OC)c3)nn2)cc1. The van der Waals surface area contributed by atoms with Gasteiger partial charge in [0.2, 0.25) is 0 Å². The Kier molecular flexibility index (Phi) is 6.47. The Hall–Kier alpha value is -3.81. The van der Waals surface area contributed by atoms with Crippen molar-refractivity contribution in [3.05, 3.63) is 65.7 Å². The molecular formula is C21H22N4O4. The molecule has 1 heterocycles. The molecule has 0 atom stereocenters. The van der Waals surface area contributed by atoms with Crippen molar-refractivity contribution in [3.63, 3.8) is 0 Å². The van der Waals surface area contributed by atoms with Crippen LogP contribution >= 0.6 is 0 Å². The van der Waals surface area contributed by atoms with Crippen molar-refractivity contribution in [1.82, 2.24) is 10.2 Å². The van der Waals surface area contributed by atoms with E-state index in [9.17, 15) is 4.79 Å². The number of carbonyl (C=O) groups excluding carboxylic acids is 1. The minimum atomic E-state index is -0.270. The Morgan fingerprint density at radius 1 is 0.828 bits per heavy atom. The fraction of sp³-hybridized carbons (Fsp3) is 0.190. The van der Waals surface area contributed by atoms with Crippen LogP contribution in [0.4, 0.5) is 11.6 Å². The summed E-state index contributed by atoms with van der Waals surface area (Å²) in [7, 11) is 4.77. The highest BCUT2D eigenvalue weighted by Crippen LogP contribution is 2.27. The first-order chi connectivity index (χ1) is 14.1. The molecule has 0 unspecified atom stereocenters. The number of anilines is 2. The molecule has 0 aliphatic carbocycles. The molecule has 3 aromatic rings. The van der Waals surface area contributed by atoms with Crippen LogP contribution in [0.25, 0.3) is 0 Å². The predicted octanol–water partition coefficient (Wildman–Crippen LogP) is 3.37. The number of amides is 1. The summed E-state index contributed by atoms with van der Waals surface area (Å²) in [5.74, 6) is 2.70. The molecule has 2 N–H and O–H groups in total. The second-order valence-corrected chi connectivity index (χ2v) is 6.03. The van der Waals surface area contributed by atoms with Crippen molar-refractivity contribution in [1.29, 1.82) is 0 Å². The lowest BCUT2D eigenvalue weighted by Gasteiger charge is -2.10. The Labute approximate surface area is 168 Å². The highest BCUT2D eigenvalue weighted by atomic mass is 16.5. The number of ether oxygens (including phenoxy) is 3. The molecule has 0 saturated heterocycles. The van der Waals surface area contributed by atoms with Gasteiger partial charge in [0.25, 0.3) is 5.91 Å². The summed E-state index contributed by atoms with van der Waals surface area (Å²) < 4.78 is 15.6. The molecule has 0 aliphatic heterocycles. The highest BCUT2D eigenvalue weighted by Gasteiger charge is 2.08. The molecule has 2 aromatic carbocycles. The first-order valence-electron chi connectivity index (χ1n) is 8.87. The van der Waals surface area contributed by atoms with E-state index in [1.165, 1.54) is 0 Å². The van der Waals surface area contributed by atoms with E-state index in [1.807, 2.05) is 18.2 Å². The fourth-order valence-corrected chi connectivity index (χ4v) is 2.61. The van der Waals surface area contributed by atoms with Crippen molar-refractivity contribution < 1.29 is 19.0 Å². The van der Waals surface area contributed by atoms with Crippen LogP contribution in [0.3, 0.4) is 0 Å². The molecule has 0 saturated carbocycles. The van der Waals surface area contributed by atoms with E-state index >= 15 is 0 Å². The average Bonchev–Trinajstić information content (AvgIpc) is 2.78. The zero-order valence-electron chi connectivity index (χ0n) is 16.4. The summed E-state index contributed by atoms with van der Waals surface area (Å²) in [4.78, 5) is 12.3. The van der Waals surface area contributed by atoms with Gasteiger partial charge >= 0.3 is 0 Å². The van der Waals surface area contributed by atoms with Gasteiger partial charge in [0, 0.05) is 12.1 Å². The average molecular weight is 394 g/mol. The quantitative estimate of drug-likeness (QED) is 0.605. The molecular weight excluding hydrogens is 372 g/mol. The van der Waals surface area contributed by atoms with Crippen molar-refractivity contribution in [3.8, 4) is 17.2 Å². The predicted molar refractivity (Wildman–Crippen MR) is 110 cm³/mol. The lowest BCUT2D eigenvalue weighted by Crippen LogP contribution is -2.13. The van der Waals surface area contributed by atoms with Gasteiger partial charge < -0.3 is 24.8 Å². The van der Waals surface area contributed by atoms with Crippen molar-refractivity contribution >= 4 is 17.5 Å². The first-order valence-corrected chi connectivity index (χ1v) is 8.87. The van der Waals surface area contributed by atoms with Crippen LogP contribution in [0.5, 0.6) is 17.2 Å². The van der Waals surface area contributed by atoms with E-state index in [1.54, 1.807) is 57.7 Å². The summed E-state index contributed by atoms with van der Waals surface area (Å²) in [6.45, 7) is 0.534. The molecule has 3 rings (SSSR count). The Balaban J connectivity index is 1.57. The van der Waals surface area contributed by atoms with E-state index in [0.717, 1.165) is 5.56 Å².